The van der Waals surface area contributed by atoms with Crippen LogP contribution in [0.2, 0.25) is 0 Å². The molecule has 0 aliphatic carbocycles. The fourth-order valence-corrected chi connectivity index (χ4v) is 3.59. The van der Waals surface area contributed by atoms with Gasteiger partial charge in [0.05, 0.1) is 27.6 Å². The van der Waals surface area contributed by atoms with Crippen LogP contribution in [-0.4, -0.2) is 61.1 Å². The number of unbranched alkanes of at least 4 members (excludes halogenated alkanes) is 11. The van der Waals surface area contributed by atoms with Gasteiger partial charge in [0.25, 0.3) is 0 Å². The Morgan fingerprint density at radius 2 is 1.27 bits per heavy atom. The molecule has 0 saturated heterocycles. The van der Waals surface area contributed by atoms with Gasteiger partial charge >= 0.3 is 11.9 Å². The predicted octanol–water partition coefficient (Wildman–Crippen LogP) is 5.13. The summed E-state index contributed by atoms with van der Waals surface area (Å²) < 4.78 is 5.75. The first kappa shape index (κ1) is 28.6. The molecule has 0 radical (unpaired) electrons. The second kappa shape index (κ2) is 17.3. The molecular weight excluding hydrogens is 382 g/mol. The van der Waals surface area contributed by atoms with Gasteiger partial charge in [-0.1, -0.05) is 77.6 Å². The second-order valence-electron chi connectivity index (χ2n) is 9.54. The Labute approximate surface area is 183 Å². The van der Waals surface area contributed by atoms with Gasteiger partial charge in [0.15, 0.2) is 6.10 Å². The van der Waals surface area contributed by atoms with E-state index in [4.69, 9.17) is 9.84 Å². The summed E-state index contributed by atoms with van der Waals surface area (Å²) in [5, 5.41) is 8.99. The van der Waals surface area contributed by atoms with E-state index in [1.807, 2.05) is 21.1 Å². The van der Waals surface area contributed by atoms with Gasteiger partial charge in [-0.3, -0.25) is 14.4 Å². The maximum Gasteiger partial charge on any atom is 0.313 e. The fraction of sp³-hybridized carbons (Fsp3) is 0.875. The van der Waals surface area contributed by atoms with Crippen LogP contribution in [0.15, 0.2) is 0 Å². The molecule has 1 atom stereocenters. The van der Waals surface area contributed by atoms with E-state index in [1.165, 1.54) is 57.8 Å². The largest absolute Gasteiger partial charge is 0.481 e. The van der Waals surface area contributed by atoms with Crippen LogP contribution < -0.4 is 0 Å². The number of hydrogen-bond donors (Lipinski definition) is 1. The lowest BCUT2D eigenvalue weighted by molar-refractivity contribution is -0.873. The van der Waals surface area contributed by atoms with E-state index >= 15 is 0 Å². The molecule has 30 heavy (non-hydrogen) atoms. The minimum atomic E-state index is -1.01. The van der Waals surface area contributed by atoms with E-state index in [2.05, 4.69) is 6.92 Å². The van der Waals surface area contributed by atoms with Crippen LogP contribution in [-0.2, 0) is 19.1 Å². The number of nitrogens with zero attached hydrogens (tertiary/aromatic N) is 1. The van der Waals surface area contributed by atoms with Crippen molar-refractivity contribution in [2.24, 2.45) is 0 Å². The van der Waals surface area contributed by atoms with Gasteiger partial charge in [0.1, 0.15) is 18.7 Å². The Bertz CT molecular complexity index is 484. The van der Waals surface area contributed by atoms with E-state index in [-0.39, 0.29) is 18.6 Å². The van der Waals surface area contributed by atoms with Crippen molar-refractivity contribution >= 4 is 17.7 Å². The van der Waals surface area contributed by atoms with E-state index in [0.717, 1.165) is 19.3 Å². The highest BCUT2D eigenvalue weighted by molar-refractivity contribution is 5.95. The summed E-state index contributed by atoms with van der Waals surface area (Å²) in [6.45, 7) is 2.63. The molecule has 0 aromatic heterocycles. The normalized spacial score (nSPS) is 12.5. The summed E-state index contributed by atoms with van der Waals surface area (Å²) in [6.07, 6.45) is 14.0. The molecule has 0 rings (SSSR count). The first-order chi connectivity index (χ1) is 14.1. The van der Waals surface area contributed by atoms with Crippen molar-refractivity contribution in [3.8, 4) is 0 Å². The second-order valence-corrected chi connectivity index (χ2v) is 9.54. The number of ether oxygens (including phenoxy) is 1. The lowest BCUT2D eigenvalue weighted by Gasteiger charge is -2.28. The molecule has 1 unspecified atom stereocenters. The summed E-state index contributed by atoms with van der Waals surface area (Å²) in [7, 11) is 5.71. The lowest BCUT2D eigenvalue weighted by atomic mass is 10.0. The summed E-state index contributed by atoms with van der Waals surface area (Å²) in [5.41, 5.74) is 0. The van der Waals surface area contributed by atoms with Crippen molar-refractivity contribution < 1.29 is 28.7 Å². The third kappa shape index (κ3) is 19.9. The number of rotatable bonds is 20. The zero-order chi connectivity index (χ0) is 22.8. The first-order valence-corrected chi connectivity index (χ1v) is 11.9. The van der Waals surface area contributed by atoms with Crippen LogP contribution in [0.3, 0.4) is 0 Å². The zero-order valence-electron chi connectivity index (χ0n) is 19.9. The smallest absolute Gasteiger partial charge is 0.313 e. The average Bonchev–Trinajstić information content (AvgIpc) is 2.60. The molecule has 0 aromatic rings. The SMILES string of the molecule is CCCCCCCCCCCCCCC(=O)CC(=O)OC(CC(=O)O)C[N+](C)(C)C. The molecule has 0 fully saturated rings. The number of carboxylic acids is 1. The molecule has 0 aliphatic heterocycles. The number of quaternary nitrogens is 1. The Kier molecular flexibility index (Phi) is 16.4. The topological polar surface area (TPSA) is 80.7 Å². The third-order valence-corrected chi connectivity index (χ3v) is 5.10. The lowest BCUT2D eigenvalue weighted by Crippen LogP contribution is -2.44. The molecule has 176 valence electrons. The molecule has 0 heterocycles. The molecule has 6 heteroatoms. The Morgan fingerprint density at radius 3 is 1.70 bits per heavy atom. The molecule has 0 spiro atoms. The predicted molar refractivity (Wildman–Crippen MR) is 120 cm³/mol. The number of likely N-dealkylation sites (N-methyl/N-ethyl adjacent to an activating group) is 1. The number of esters is 1. The number of aliphatic carboxylic acids is 1. The first-order valence-electron chi connectivity index (χ1n) is 11.9. The number of hydrogen-bond acceptors (Lipinski definition) is 4. The van der Waals surface area contributed by atoms with Crippen LogP contribution in [0.1, 0.15) is 103 Å². The van der Waals surface area contributed by atoms with Crippen molar-refractivity contribution in [2.75, 3.05) is 27.7 Å². The van der Waals surface area contributed by atoms with E-state index < -0.39 is 18.0 Å². The van der Waals surface area contributed by atoms with E-state index in [9.17, 15) is 14.4 Å². The van der Waals surface area contributed by atoms with Crippen LogP contribution >= 0.6 is 0 Å². The number of carbonyl (C=O) groups is 3. The van der Waals surface area contributed by atoms with Crippen molar-refractivity contribution in [1.82, 2.24) is 0 Å². The summed E-state index contributed by atoms with van der Waals surface area (Å²) in [5.74, 6) is -1.74. The quantitative estimate of drug-likeness (QED) is 0.126. The highest BCUT2D eigenvalue weighted by atomic mass is 16.5. The monoisotopic (exact) mass is 428 g/mol. The number of ketones is 1. The van der Waals surface area contributed by atoms with Gasteiger partial charge in [-0.15, -0.1) is 0 Å². The van der Waals surface area contributed by atoms with Gasteiger partial charge in [0, 0.05) is 6.42 Å². The van der Waals surface area contributed by atoms with Gasteiger partial charge in [-0.05, 0) is 6.42 Å². The number of carboxylic acid groups (broad SMARTS) is 1. The highest BCUT2D eigenvalue weighted by Gasteiger charge is 2.25. The van der Waals surface area contributed by atoms with Crippen molar-refractivity contribution in [2.45, 2.75) is 109 Å². The highest BCUT2D eigenvalue weighted by Crippen LogP contribution is 2.13. The zero-order valence-corrected chi connectivity index (χ0v) is 19.9. The summed E-state index contributed by atoms with van der Waals surface area (Å²) in [6, 6.07) is 0. The molecule has 0 bridgehead atoms. The van der Waals surface area contributed by atoms with Crippen molar-refractivity contribution in [3.63, 3.8) is 0 Å². The van der Waals surface area contributed by atoms with Gasteiger partial charge in [-0.2, -0.15) is 0 Å². The van der Waals surface area contributed by atoms with Crippen LogP contribution in [0, 0.1) is 0 Å². The molecule has 0 aromatic carbocycles. The molecule has 0 amide bonds. The molecule has 0 aliphatic rings. The maximum absolute atomic E-state index is 12.0. The van der Waals surface area contributed by atoms with Crippen molar-refractivity contribution in [1.29, 1.82) is 0 Å². The number of carbonyl (C=O) groups excluding carboxylic acids is 2. The van der Waals surface area contributed by atoms with Crippen molar-refractivity contribution in [3.05, 3.63) is 0 Å². The average molecular weight is 429 g/mol. The van der Waals surface area contributed by atoms with Gasteiger partial charge in [0.2, 0.25) is 0 Å². The molecular formula is C24H46NO5+. The van der Waals surface area contributed by atoms with Crippen LogP contribution in [0.4, 0.5) is 0 Å². The molecule has 0 saturated carbocycles. The Hall–Kier alpha value is -1.43. The third-order valence-electron chi connectivity index (χ3n) is 5.10. The molecule has 6 nitrogen and oxygen atoms in total. The Morgan fingerprint density at radius 1 is 0.800 bits per heavy atom. The van der Waals surface area contributed by atoms with E-state index in [1.54, 1.807) is 0 Å². The van der Waals surface area contributed by atoms with Crippen LogP contribution in [0.5, 0.6) is 0 Å². The number of Topliss-reactive ketones (excluding diaryl/α,β-unsaturated/α-hetero) is 1. The van der Waals surface area contributed by atoms with Crippen LogP contribution in [0.25, 0.3) is 0 Å². The maximum atomic E-state index is 12.0. The standard InChI is InChI=1S/C24H45NO5/c1-5-6-7-8-9-10-11-12-13-14-15-16-17-21(26)18-24(29)30-22(19-23(27)28)20-25(2,3)4/h22H,5-20H2,1-4H3/p+1. The minimum absolute atomic E-state index is 0.119. The molecule has 1 N–H and O–H groups in total. The summed E-state index contributed by atoms with van der Waals surface area (Å²) in [4.78, 5) is 35.0. The fourth-order valence-electron chi connectivity index (χ4n) is 3.59. The summed E-state index contributed by atoms with van der Waals surface area (Å²) >= 11 is 0. The van der Waals surface area contributed by atoms with Gasteiger partial charge in [-0.25, -0.2) is 0 Å². The van der Waals surface area contributed by atoms with Gasteiger partial charge < -0.3 is 14.3 Å². The van der Waals surface area contributed by atoms with E-state index in [0.29, 0.717) is 17.4 Å². The Balaban J connectivity index is 3.79. The minimum Gasteiger partial charge on any atom is -0.481 e.